The highest BCUT2D eigenvalue weighted by Crippen LogP contribution is 2.24. The fraction of sp³-hybridized carbons (Fsp3) is 0.636. The van der Waals surface area contributed by atoms with Gasteiger partial charge in [0.2, 0.25) is 0 Å². The van der Waals surface area contributed by atoms with E-state index in [4.69, 9.17) is 10.5 Å². The van der Waals surface area contributed by atoms with Crippen LogP contribution in [0.3, 0.4) is 0 Å². The number of nitrogens with zero attached hydrogens (tertiary/aromatic N) is 3. The molecule has 0 radical (unpaired) electrons. The Hall–Kier alpha value is -0.660. The molecule has 2 heterocycles. The van der Waals surface area contributed by atoms with Crippen LogP contribution in [0.25, 0.3) is 0 Å². The Morgan fingerprint density at radius 1 is 1.72 bits per heavy atom. The SMILES string of the molecule is Cc1nc(CN=C(N)N2CCOC(C)C2)sc1Br. The third kappa shape index (κ3) is 3.43. The molecule has 5 nitrogen and oxygen atoms in total. The van der Waals surface area contributed by atoms with Crippen LogP contribution in [-0.2, 0) is 11.3 Å². The second-order valence-electron chi connectivity index (χ2n) is 4.27. The first kappa shape index (κ1) is 13.8. The van der Waals surface area contributed by atoms with Crippen molar-refractivity contribution in [2.45, 2.75) is 26.5 Å². The zero-order chi connectivity index (χ0) is 13.1. The van der Waals surface area contributed by atoms with E-state index in [1.807, 2.05) is 13.8 Å². The molecule has 1 unspecified atom stereocenters. The van der Waals surface area contributed by atoms with Gasteiger partial charge in [-0.05, 0) is 29.8 Å². The van der Waals surface area contributed by atoms with Gasteiger partial charge < -0.3 is 15.4 Å². The smallest absolute Gasteiger partial charge is 0.191 e. The first-order chi connectivity index (χ1) is 8.56. The van der Waals surface area contributed by atoms with Crippen LogP contribution in [0.15, 0.2) is 8.78 Å². The molecule has 7 heteroatoms. The molecule has 0 saturated carbocycles. The summed E-state index contributed by atoms with van der Waals surface area (Å²) in [5.41, 5.74) is 6.99. The monoisotopic (exact) mass is 332 g/mol. The third-order valence-electron chi connectivity index (χ3n) is 2.73. The van der Waals surface area contributed by atoms with Gasteiger partial charge in [-0.3, -0.25) is 0 Å². The molecule has 18 heavy (non-hydrogen) atoms. The summed E-state index contributed by atoms with van der Waals surface area (Å²) in [4.78, 5) is 10.9. The highest BCUT2D eigenvalue weighted by atomic mass is 79.9. The summed E-state index contributed by atoms with van der Waals surface area (Å²) >= 11 is 5.06. The zero-order valence-electron chi connectivity index (χ0n) is 10.5. The van der Waals surface area contributed by atoms with E-state index in [0.717, 1.165) is 27.6 Å². The lowest BCUT2D eigenvalue weighted by molar-refractivity contribution is 0.00529. The van der Waals surface area contributed by atoms with Gasteiger partial charge in [0.1, 0.15) is 5.01 Å². The molecule has 1 aromatic heterocycles. The van der Waals surface area contributed by atoms with Crippen LogP contribution in [0, 0.1) is 6.92 Å². The predicted octanol–water partition coefficient (Wildman–Crippen LogP) is 1.75. The lowest BCUT2D eigenvalue weighted by Crippen LogP contribution is -2.47. The molecular formula is C11H17BrN4OS. The Morgan fingerprint density at radius 3 is 3.11 bits per heavy atom. The van der Waals surface area contributed by atoms with E-state index in [-0.39, 0.29) is 6.10 Å². The quantitative estimate of drug-likeness (QED) is 0.662. The van der Waals surface area contributed by atoms with E-state index in [2.05, 4.69) is 30.8 Å². The summed E-state index contributed by atoms with van der Waals surface area (Å²) in [6.07, 6.45) is 0.212. The maximum Gasteiger partial charge on any atom is 0.191 e. The largest absolute Gasteiger partial charge is 0.375 e. The molecule has 1 aliphatic heterocycles. The Labute approximate surface area is 119 Å². The molecule has 2 rings (SSSR count). The van der Waals surface area contributed by atoms with E-state index in [1.165, 1.54) is 0 Å². The van der Waals surface area contributed by atoms with Gasteiger partial charge in [-0.1, -0.05) is 0 Å². The maximum absolute atomic E-state index is 5.99. The molecule has 0 spiro atoms. The number of hydrogen-bond donors (Lipinski definition) is 1. The highest BCUT2D eigenvalue weighted by molar-refractivity contribution is 9.11. The minimum absolute atomic E-state index is 0.212. The lowest BCUT2D eigenvalue weighted by atomic mass is 10.3. The zero-order valence-corrected chi connectivity index (χ0v) is 12.9. The molecule has 1 saturated heterocycles. The molecular weight excluding hydrogens is 316 g/mol. The Kier molecular flexibility index (Phi) is 4.58. The van der Waals surface area contributed by atoms with E-state index >= 15 is 0 Å². The minimum Gasteiger partial charge on any atom is -0.375 e. The van der Waals surface area contributed by atoms with Crippen LogP contribution in [0.2, 0.25) is 0 Å². The Bertz CT molecular complexity index is 429. The van der Waals surface area contributed by atoms with E-state index in [9.17, 15) is 0 Å². The topological polar surface area (TPSA) is 63.7 Å². The van der Waals surface area contributed by atoms with Crippen molar-refractivity contribution in [1.29, 1.82) is 0 Å². The Balaban J connectivity index is 1.95. The van der Waals surface area contributed by atoms with Crippen molar-refractivity contribution in [3.63, 3.8) is 0 Å². The fourth-order valence-electron chi connectivity index (χ4n) is 1.77. The average Bonchev–Trinajstić information content (AvgIpc) is 2.66. The van der Waals surface area contributed by atoms with E-state index in [1.54, 1.807) is 11.3 Å². The summed E-state index contributed by atoms with van der Waals surface area (Å²) in [7, 11) is 0. The summed E-state index contributed by atoms with van der Waals surface area (Å²) < 4.78 is 6.53. The van der Waals surface area contributed by atoms with Crippen molar-refractivity contribution in [3.05, 3.63) is 14.5 Å². The number of ether oxygens (including phenoxy) is 1. The van der Waals surface area contributed by atoms with Gasteiger partial charge in [0.05, 0.1) is 28.7 Å². The number of rotatable bonds is 2. The number of hydrogen-bond acceptors (Lipinski definition) is 4. The van der Waals surface area contributed by atoms with Gasteiger partial charge in [0.15, 0.2) is 5.96 Å². The number of nitrogens with two attached hydrogens (primary N) is 1. The predicted molar refractivity (Wildman–Crippen MR) is 76.9 cm³/mol. The molecule has 0 aromatic carbocycles. The third-order valence-corrected chi connectivity index (χ3v) is 4.72. The van der Waals surface area contributed by atoms with Gasteiger partial charge in [-0.15, -0.1) is 11.3 Å². The normalized spacial score (nSPS) is 21.4. The molecule has 2 N–H and O–H groups in total. The summed E-state index contributed by atoms with van der Waals surface area (Å²) in [5.74, 6) is 0.578. The molecule has 0 aliphatic carbocycles. The van der Waals surface area contributed by atoms with Crippen molar-refractivity contribution in [2.24, 2.45) is 10.7 Å². The average molecular weight is 333 g/mol. The standard InChI is InChI=1S/C11H17BrN4OS/c1-7-6-16(3-4-17-7)11(13)14-5-9-15-8(2)10(12)18-9/h7H,3-6H2,1-2H3,(H2,13,14). The maximum atomic E-state index is 5.99. The molecule has 1 fully saturated rings. The molecule has 1 aliphatic rings. The Morgan fingerprint density at radius 2 is 2.50 bits per heavy atom. The van der Waals surface area contributed by atoms with Gasteiger partial charge in [0, 0.05) is 13.1 Å². The number of thiazole rings is 1. The number of morpholine rings is 1. The van der Waals surface area contributed by atoms with Crippen LogP contribution in [0.4, 0.5) is 0 Å². The van der Waals surface area contributed by atoms with E-state index in [0.29, 0.717) is 19.1 Å². The molecule has 0 amide bonds. The molecule has 0 bridgehead atoms. The van der Waals surface area contributed by atoms with Crippen LogP contribution in [-0.4, -0.2) is 41.6 Å². The van der Waals surface area contributed by atoms with Crippen LogP contribution >= 0.6 is 27.3 Å². The summed E-state index contributed by atoms with van der Waals surface area (Å²) in [6, 6.07) is 0. The van der Waals surface area contributed by atoms with Gasteiger partial charge in [-0.2, -0.15) is 0 Å². The van der Waals surface area contributed by atoms with Crippen molar-refractivity contribution in [2.75, 3.05) is 19.7 Å². The van der Waals surface area contributed by atoms with Crippen molar-refractivity contribution < 1.29 is 4.74 Å². The van der Waals surface area contributed by atoms with Crippen molar-refractivity contribution in [3.8, 4) is 0 Å². The van der Waals surface area contributed by atoms with Gasteiger partial charge in [-0.25, -0.2) is 9.98 Å². The summed E-state index contributed by atoms with van der Waals surface area (Å²) in [5, 5.41) is 0.976. The number of guanidine groups is 1. The molecule has 100 valence electrons. The van der Waals surface area contributed by atoms with E-state index < -0.39 is 0 Å². The molecule has 1 aromatic rings. The molecule has 1 atom stereocenters. The van der Waals surface area contributed by atoms with Crippen molar-refractivity contribution in [1.82, 2.24) is 9.88 Å². The number of aryl methyl sites for hydroxylation is 1. The highest BCUT2D eigenvalue weighted by Gasteiger charge is 2.18. The van der Waals surface area contributed by atoms with Crippen LogP contribution in [0.5, 0.6) is 0 Å². The minimum atomic E-state index is 0.212. The first-order valence-electron chi connectivity index (χ1n) is 5.84. The van der Waals surface area contributed by atoms with Gasteiger partial charge >= 0.3 is 0 Å². The fourth-order valence-corrected chi connectivity index (χ4v) is 3.13. The number of aromatic nitrogens is 1. The second kappa shape index (κ2) is 5.99. The van der Waals surface area contributed by atoms with Gasteiger partial charge in [0.25, 0.3) is 0 Å². The van der Waals surface area contributed by atoms with Crippen LogP contribution < -0.4 is 5.73 Å². The summed E-state index contributed by atoms with van der Waals surface area (Å²) in [6.45, 7) is 6.87. The first-order valence-corrected chi connectivity index (χ1v) is 7.45. The van der Waals surface area contributed by atoms with Crippen LogP contribution in [0.1, 0.15) is 17.6 Å². The number of aliphatic imine (C=N–C) groups is 1. The van der Waals surface area contributed by atoms with Crippen molar-refractivity contribution >= 4 is 33.2 Å². The second-order valence-corrected chi connectivity index (χ2v) is 6.67. The number of halogens is 1. The lowest BCUT2D eigenvalue weighted by Gasteiger charge is -2.31.